The predicted molar refractivity (Wildman–Crippen MR) is 108 cm³/mol. The molecular formula is C18H27ClN4O4S. The number of carbonyl (C=O) groups is 1. The van der Waals surface area contributed by atoms with Crippen LogP contribution in [0.2, 0.25) is 0 Å². The van der Waals surface area contributed by atoms with Gasteiger partial charge >= 0.3 is 10.2 Å². The SMILES string of the molecule is CCC(C)(C)NC(=O)c1cnc2c(c1)N(S(=O)(=O)N1CCC(Cl)CC1)CCO2. The van der Waals surface area contributed by atoms with Crippen LogP contribution in [0.3, 0.4) is 0 Å². The molecule has 0 unspecified atom stereocenters. The minimum Gasteiger partial charge on any atom is -0.474 e. The third-order valence-electron chi connectivity index (χ3n) is 5.22. The number of nitrogens with zero attached hydrogens (tertiary/aromatic N) is 3. The first-order valence-electron chi connectivity index (χ1n) is 9.51. The van der Waals surface area contributed by atoms with Crippen molar-refractivity contribution >= 4 is 33.4 Å². The van der Waals surface area contributed by atoms with Crippen LogP contribution in [-0.4, -0.2) is 60.8 Å². The fraction of sp³-hybridized carbons (Fsp3) is 0.667. The highest BCUT2D eigenvalue weighted by molar-refractivity contribution is 7.90. The van der Waals surface area contributed by atoms with Crippen LogP contribution in [0.15, 0.2) is 12.3 Å². The number of rotatable bonds is 5. The number of anilines is 1. The summed E-state index contributed by atoms with van der Waals surface area (Å²) >= 11 is 6.11. The number of amides is 1. The molecule has 0 aromatic carbocycles. The van der Waals surface area contributed by atoms with E-state index in [1.54, 1.807) is 0 Å². The second-order valence-corrected chi connectivity index (χ2v) is 10.2. The largest absolute Gasteiger partial charge is 0.474 e. The van der Waals surface area contributed by atoms with Gasteiger partial charge in [-0.3, -0.25) is 4.79 Å². The number of fused-ring (bicyclic) bond motifs is 1. The van der Waals surface area contributed by atoms with Crippen molar-refractivity contribution in [2.75, 3.05) is 30.5 Å². The number of hydrogen-bond donors (Lipinski definition) is 1. The van der Waals surface area contributed by atoms with Crippen molar-refractivity contribution in [1.82, 2.24) is 14.6 Å². The third kappa shape index (κ3) is 4.36. The Morgan fingerprint density at radius 3 is 2.68 bits per heavy atom. The monoisotopic (exact) mass is 430 g/mol. The number of halogens is 1. The molecule has 1 amide bonds. The highest BCUT2D eigenvalue weighted by atomic mass is 35.5. The van der Waals surface area contributed by atoms with E-state index < -0.39 is 10.2 Å². The van der Waals surface area contributed by atoms with Crippen LogP contribution < -0.4 is 14.4 Å². The summed E-state index contributed by atoms with van der Waals surface area (Å²) in [5.41, 5.74) is 0.216. The molecule has 1 N–H and O–H groups in total. The predicted octanol–water partition coefficient (Wildman–Crippen LogP) is 2.15. The van der Waals surface area contributed by atoms with Gasteiger partial charge < -0.3 is 10.1 Å². The molecular weight excluding hydrogens is 404 g/mol. The highest BCUT2D eigenvalue weighted by Gasteiger charge is 2.36. The standard InChI is InChI=1S/C18H27ClN4O4S/c1-4-18(2,3)21-16(24)13-11-15-17(20-12-13)27-10-9-23(15)28(25,26)22-7-5-14(19)6-8-22/h11-12,14H,4-10H2,1-3H3,(H,21,24). The Labute approximate surface area is 171 Å². The molecule has 0 aliphatic carbocycles. The second kappa shape index (κ2) is 8.04. The quantitative estimate of drug-likeness (QED) is 0.722. The topological polar surface area (TPSA) is 91.8 Å². The second-order valence-electron chi connectivity index (χ2n) is 7.74. The smallest absolute Gasteiger partial charge is 0.304 e. The summed E-state index contributed by atoms with van der Waals surface area (Å²) in [6.07, 6.45) is 3.40. The molecule has 1 saturated heterocycles. The molecule has 0 bridgehead atoms. The lowest BCUT2D eigenvalue weighted by molar-refractivity contribution is 0.0910. The average molecular weight is 431 g/mol. The van der Waals surface area contributed by atoms with Crippen LogP contribution >= 0.6 is 11.6 Å². The summed E-state index contributed by atoms with van der Waals surface area (Å²) in [6.45, 7) is 6.97. The van der Waals surface area contributed by atoms with E-state index in [9.17, 15) is 13.2 Å². The Hall–Kier alpha value is -1.58. The molecule has 10 heteroatoms. The van der Waals surface area contributed by atoms with Crippen molar-refractivity contribution in [1.29, 1.82) is 0 Å². The third-order valence-corrected chi connectivity index (χ3v) is 7.61. The number of alkyl halides is 1. The van der Waals surface area contributed by atoms with Gasteiger partial charge in [-0.05, 0) is 39.2 Å². The van der Waals surface area contributed by atoms with Gasteiger partial charge in [-0.25, -0.2) is 9.29 Å². The van der Waals surface area contributed by atoms with E-state index >= 15 is 0 Å². The molecule has 156 valence electrons. The van der Waals surface area contributed by atoms with E-state index in [0.717, 1.165) is 6.42 Å². The molecule has 2 aliphatic rings. The Morgan fingerprint density at radius 2 is 2.04 bits per heavy atom. The number of nitrogens with one attached hydrogen (secondary N) is 1. The molecule has 3 heterocycles. The lowest BCUT2D eigenvalue weighted by atomic mass is 10.0. The molecule has 0 saturated carbocycles. The number of hydrogen-bond acceptors (Lipinski definition) is 5. The summed E-state index contributed by atoms with van der Waals surface area (Å²) < 4.78 is 34.6. The zero-order valence-electron chi connectivity index (χ0n) is 16.4. The van der Waals surface area contributed by atoms with Crippen LogP contribution in [0.4, 0.5) is 5.69 Å². The molecule has 1 aromatic rings. The van der Waals surface area contributed by atoms with Crippen molar-refractivity contribution in [2.24, 2.45) is 0 Å². The minimum atomic E-state index is -3.75. The normalized spacial score (nSPS) is 19.1. The van der Waals surface area contributed by atoms with E-state index in [1.165, 1.54) is 20.9 Å². The van der Waals surface area contributed by atoms with E-state index in [4.69, 9.17) is 16.3 Å². The maximum Gasteiger partial charge on any atom is 0.304 e. The number of pyridine rings is 1. The van der Waals surface area contributed by atoms with Crippen molar-refractivity contribution in [2.45, 2.75) is 50.9 Å². The lowest BCUT2D eigenvalue weighted by Crippen LogP contribution is -2.50. The first-order chi connectivity index (χ1) is 13.1. The zero-order valence-corrected chi connectivity index (χ0v) is 18.0. The van der Waals surface area contributed by atoms with Gasteiger partial charge in [0.05, 0.1) is 12.1 Å². The molecule has 28 heavy (non-hydrogen) atoms. The summed E-state index contributed by atoms with van der Waals surface area (Å²) in [4.78, 5) is 16.8. The molecule has 0 spiro atoms. The van der Waals surface area contributed by atoms with Crippen LogP contribution in [0.1, 0.15) is 50.4 Å². The maximum absolute atomic E-state index is 13.2. The molecule has 1 fully saturated rings. The van der Waals surface area contributed by atoms with Gasteiger partial charge in [-0.2, -0.15) is 12.7 Å². The van der Waals surface area contributed by atoms with Crippen molar-refractivity contribution in [3.05, 3.63) is 17.8 Å². The molecule has 8 nitrogen and oxygen atoms in total. The summed E-state index contributed by atoms with van der Waals surface area (Å²) in [6, 6.07) is 1.54. The Kier molecular flexibility index (Phi) is 6.07. The van der Waals surface area contributed by atoms with Gasteiger partial charge in [0, 0.05) is 30.2 Å². The van der Waals surface area contributed by atoms with Gasteiger partial charge in [0.2, 0.25) is 5.88 Å². The van der Waals surface area contributed by atoms with E-state index in [0.29, 0.717) is 37.2 Å². The molecule has 3 rings (SSSR count). The minimum absolute atomic E-state index is 0.00214. The highest BCUT2D eigenvalue weighted by Crippen LogP contribution is 2.34. The molecule has 0 atom stereocenters. The zero-order chi connectivity index (χ0) is 20.5. The van der Waals surface area contributed by atoms with Crippen molar-refractivity contribution < 1.29 is 17.9 Å². The van der Waals surface area contributed by atoms with Gasteiger partial charge in [0.1, 0.15) is 12.3 Å². The van der Waals surface area contributed by atoms with Gasteiger partial charge in [0.25, 0.3) is 5.91 Å². The maximum atomic E-state index is 13.2. The van der Waals surface area contributed by atoms with Crippen LogP contribution in [-0.2, 0) is 10.2 Å². The van der Waals surface area contributed by atoms with Gasteiger partial charge in [-0.1, -0.05) is 6.92 Å². The van der Waals surface area contributed by atoms with Gasteiger partial charge in [-0.15, -0.1) is 11.6 Å². The molecule has 1 aromatic heterocycles. The lowest BCUT2D eigenvalue weighted by Gasteiger charge is -2.36. The Bertz CT molecular complexity index is 838. The number of carbonyl (C=O) groups excluding carboxylic acids is 1. The molecule has 0 radical (unpaired) electrons. The van der Waals surface area contributed by atoms with Crippen molar-refractivity contribution in [3.63, 3.8) is 0 Å². The van der Waals surface area contributed by atoms with E-state index in [1.807, 2.05) is 20.8 Å². The van der Waals surface area contributed by atoms with Crippen LogP contribution in [0.25, 0.3) is 0 Å². The van der Waals surface area contributed by atoms with Crippen LogP contribution in [0.5, 0.6) is 5.88 Å². The first kappa shape index (κ1) is 21.1. The Morgan fingerprint density at radius 1 is 1.36 bits per heavy atom. The summed E-state index contributed by atoms with van der Waals surface area (Å²) in [5.74, 6) is -0.0821. The number of ether oxygens (including phenoxy) is 1. The van der Waals surface area contributed by atoms with Gasteiger partial charge in [0.15, 0.2) is 0 Å². The summed E-state index contributed by atoms with van der Waals surface area (Å²) in [5, 5.41) is 2.94. The Balaban J connectivity index is 1.89. The first-order valence-corrected chi connectivity index (χ1v) is 11.3. The average Bonchev–Trinajstić information content (AvgIpc) is 2.67. The van der Waals surface area contributed by atoms with Crippen LogP contribution in [0, 0.1) is 0 Å². The summed E-state index contributed by atoms with van der Waals surface area (Å²) in [7, 11) is -3.75. The number of aromatic nitrogens is 1. The van der Waals surface area contributed by atoms with E-state index in [-0.39, 0.29) is 35.9 Å². The fourth-order valence-electron chi connectivity index (χ4n) is 3.10. The number of piperidine rings is 1. The van der Waals surface area contributed by atoms with Crippen molar-refractivity contribution in [3.8, 4) is 5.88 Å². The molecule has 2 aliphatic heterocycles. The van der Waals surface area contributed by atoms with E-state index in [2.05, 4.69) is 10.3 Å². The fourth-order valence-corrected chi connectivity index (χ4v) is 4.93.